The Hall–Kier alpha value is -4.62. The molecule has 2 aromatic rings. The topological polar surface area (TPSA) is 148 Å². The number of hydrogen-bond acceptors (Lipinski definition) is 8. The number of anilines is 2. The molecule has 0 fully saturated rings. The van der Waals surface area contributed by atoms with Gasteiger partial charge in [0.15, 0.2) is 0 Å². The number of nitrogens with one attached hydrogen (secondary N) is 2. The van der Waals surface area contributed by atoms with Gasteiger partial charge in [-0.1, -0.05) is 19.1 Å². The number of nitrogens with two attached hydrogens (primary N) is 2. The number of rotatable bonds is 9. The molecule has 0 bridgehead atoms. The maximum Gasteiger partial charge on any atom is 0.412 e. The summed E-state index contributed by atoms with van der Waals surface area (Å²) < 4.78 is 4.62. The lowest BCUT2D eigenvalue weighted by molar-refractivity contribution is -0.113. The second-order valence-electron chi connectivity index (χ2n) is 8.58. The van der Waals surface area contributed by atoms with Crippen LogP contribution in [-0.2, 0) is 16.0 Å². The smallest absolute Gasteiger partial charge is 0.412 e. The molecule has 10 nitrogen and oxygen atoms in total. The normalized spacial score (nSPS) is 11.4. The molecular formula is C29H39N7O3. The van der Waals surface area contributed by atoms with Gasteiger partial charge in [0.05, 0.1) is 7.11 Å². The number of allylic oxidation sites excluding steroid dienone is 2. The summed E-state index contributed by atoms with van der Waals surface area (Å²) in [4.78, 5) is 32.3. The van der Waals surface area contributed by atoms with Crippen LogP contribution in [0.4, 0.5) is 16.3 Å². The Morgan fingerprint density at radius 3 is 2.54 bits per heavy atom. The predicted octanol–water partition coefficient (Wildman–Crippen LogP) is 4.25. The number of nitrogens with zero attached hydrogens (tertiary/aromatic N) is 3. The molecule has 0 atom stereocenters. The number of aryl methyl sites for hydroxylation is 1. The molecule has 208 valence electrons. The lowest BCUT2D eigenvalue weighted by Gasteiger charge is -2.19. The first kappa shape index (κ1) is 32.4. The molecule has 0 spiro atoms. The summed E-state index contributed by atoms with van der Waals surface area (Å²) in [5, 5.41) is 6.74. The van der Waals surface area contributed by atoms with Crippen molar-refractivity contribution < 1.29 is 14.3 Å². The minimum absolute atomic E-state index is 0.00712. The number of methoxy groups -OCH3 is 1. The third-order valence-electron chi connectivity index (χ3n) is 5.28. The molecule has 1 aromatic heterocycles. The molecule has 2 amide bonds. The number of hydrazine groups is 1. The van der Waals surface area contributed by atoms with Gasteiger partial charge in [-0.2, -0.15) is 0 Å². The first-order valence-corrected chi connectivity index (χ1v) is 12.3. The average Bonchev–Trinajstić information content (AvgIpc) is 2.92. The van der Waals surface area contributed by atoms with Crippen LogP contribution in [0.3, 0.4) is 0 Å². The summed E-state index contributed by atoms with van der Waals surface area (Å²) in [5.41, 5.74) is 10.3. The number of carbonyl (C=O) groups is 2. The maximum atomic E-state index is 12.5. The fourth-order valence-corrected chi connectivity index (χ4v) is 2.98. The zero-order chi connectivity index (χ0) is 29.4. The van der Waals surface area contributed by atoms with Gasteiger partial charge in [-0.15, -0.1) is 12.3 Å². The van der Waals surface area contributed by atoms with Crippen molar-refractivity contribution in [3.63, 3.8) is 0 Å². The number of benzene rings is 1. The van der Waals surface area contributed by atoms with Gasteiger partial charge in [0.2, 0.25) is 0 Å². The average molecular weight is 534 g/mol. The molecule has 1 aromatic carbocycles. The van der Waals surface area contributed by atoms with Crippen molar-refractivity contribution in [2.75, 3.05) is 24.8 Å². The Bertz CT molecular complexity index is 1240. The van der Waals surface area contributed by atoms with E-state index in [1.807, 2.05) is 58.0 Å². The maximum absolute atomic E-state index is 12.5. The van der Waals surface area contributed by atoms with Crippen molar-refractivity contribution in [1.29, 1.82) is 0 Å². The van der Waals surface area contributed by atoms with Gasteiger partial charge in [0.1, 0.15) is 11.5 Å². The van der Waals surface area contributed by atoms with Crippen LogP contribution < -0.4 is 22.2 Å². The molecule has 0 unspecified atom stereocenters. The largest absolute Gasteiger partial charge is 0.453 e. The van der Waals surface area contributed by atoms with Crippen LogP contribution in [0.1, 0.15) is 43.9 Å². The molecule has 1 heterocycles. The first-order chi connectivity index (χ1) is 18.6. The zero-order valence-corrected chi connectivity index (χ0v) is 23.5. The van der Waals surface area contributed by atoms with E-state index < -0.39 is 12.0 Å². The highest BCUT2D eigenvalue weighted by atomic mass is 16.5. The number of terminal acetylenes is 1. The van der Waals surface area contributed by atoms with Gasteiger partial charge in [-0.25, -0.2) is 15.6 Å². The molecule has 39 heavy (non-hydrogen) atoms. The molecule has 6 N–H and O–H groups in total. The third-order valence-corrected chi connectivity index (χ3v) is 5.28. The number of amides is 2. The summed E-state index contributed by atoms with van der Waals surface area (Å²) in [6, 6.07) is 9.22. The van der Waals surface area contributed by atoms with Crippen LogP contribution in [-0.4, -0.2) is 48.4 Å². The Morgan fingerprint density at radius 1 is 1.26 bits per heavy atom. The SMILES string of the molecule is C#CCC.CN=C/C(=C\Cc1cc(NC(=O)/C(N)=C/N(N)C(C)C)ccc1C)c1ccnc(NC(=O)OC)c1. The minimum atomic E-state index is -0.599. The van der Waals surface area contributed by atoms with Gasteiger partial charge in [-0.3, -0.25) is 15.1 Å². The first-order valence-electron chi connectivity index (χ1n) is 12.3. The van der Waals surface area contributed by atoms with E-state index in [2.05, 4.69) is 31.3 Å². The van der Waals surface area contributed by atoms with Gasteiger partial charge in [0.25, 0.3) is 5.91 Å². The van der Waals surface area contributed by atoms with Crippen LogP contribution in [0.15, 0.2) is 59.5 Å². The van der Waals surface area contributed by atoms with E-state index in [1.165, 1.54) is 18.3 Å². The molecule has 0 saturated carbocycles. The standard InChI is InChI=1S/C25H33N7O3.C4H6/c1-16(2)32(27)15-22(26)24(33)30-21-9-6-17(3)18(12-21)7-8-20(14-28-4)19-10-11-29-23(13-19)31-25(34)35-5;1-3-4-2/h6,8-16H,7,26-27H2,1-5H3,(H,30,33)(H,29,31,34);1H,4H2,2H3/b20-8+,22-15-,28-14?;. The van der Waals surface area contributed by atoms with Crippen molar-refractivity contribution in [1.82, 2.24) is 9.99 Å². The quantitative estimate of drug-likeness (QED) is 0.124. The van der Waals surface area contributed by atoms with E-state index in [-0.39, 0.29) is 11.7 Å². The van der Waals surface area contributed by atoms with Gasteiger partial charge >= 0.3 is 6.09 Å². The lowest BCUT2D eigenvalue weighted by atomic mass is 10.0. The second-order valence-corrected chi connectivity index (χ2v) is 8.58. The lowest BCUT2D eigenvalue weighted by Crippen LogP contribution is -2.34. The molecule has 0 saturated heterocycles. The van der Waals surface area contributed by atoms with Crippen LogP contribution in [0.5, 0.6) is 0 Å². The highest BCUT2D eigenvalue weighted by Crippen LogP contribution is 2.20. The van der Waals surface area contributed by atoms with Crippen LogP contribution in [0, 0.1) is 19.3 Å². The van der Waals surface area contributed by atoms with Gasteiger partial charge < -0.3 is 20.8 Å². The Balaban J connectivity index is 0.00000177. The predicted molar refractivity (Wildman–Crippen MR) is 159 cm³/mol. The Kier molecular flexibility index (Phi) is 14.1. The fourth-order valence-electron chi connectivity index (χ4n) is 2.98. The summed E-state index contributed by atoms with van der Waals surface area (Å²) in [5.74, 6) is 8.18. The number of pyridine rings is 1. The molecule has 0 aliphatic heterocycles. The highest BCUT2D eigenvalue weighted by Gasteiger charge is 2.10. The van der Waals surface area contributed by atoms with Crippen LogP contribution in [0.2, 0.25) is 0 Å². The number of aliphatic imine (C=N–C) groups is 1. The molecule has 0 aliphatic rings. The zero-order valence-electron chi connectivity index (χ0n) is 23.5. The van der Waals surface area contributed by atoms with Crippen molar-refractivity contribution in [2.45, 2.75) is 46.6 Å². The number of aromatic nitrogens is 1. The van der Waals surface area contributed by atoms with Crippen molar-refractivity contribution in [3.8, 4) is 12.3 Å². The molecular weight excluding hydrogens is 494 g/mol. The minimum Gasteiger partial charge on any atom is -0.453 e. The Morgan fingerprint density at radius 2 is 1.95 bits per heavy atom. The number of hydrogen-bond donors (Lipinski definition) is 4. The summed E-state index contributed by atoms with van der Waals surface area (Å²) in [6.45, 7) is 7.72. The third kappa shape index (κ3) is 11.5. The van der Waals surface area contributed by atoms with Gasteiger partial charge in [-0.05, 0) is 73.7 Å². The van der Waals surface area contributed by atoms with E-state index in [0.717, 1.165) is 28.7 Å². The van der Waals surface area contributed by atoms with Crippen molar-refractivity contribution in [3.05, 3.63) is 71.2 Å². The van der Waals surface area contributed by atoms with E-state index >= 15 is 0 Å². The van der Waals surface area contributed by atoms with Crippen LogP contribution in [0.25, 0.3) is 5.57 Å². The summed E-state index contributed by atoms with van der Waals surface area (Å²) >= 11 is 0. The number of ether oxygens (including phenoxy) is 1. The monoisotopic (exact) mass is 533 g/mol. The summed E-state index contributed by atoms with van der Waals surface area (Å²) in [7, 11) is 2.97. The molecule has 10 heteroatoms. The van der Waals surface area contributed by atoms with E-state index in [1.54, 1.807) is 25.5 Å². The summed E-state index contributed by atoms with van der Waals surface area (Å²) in [6.07, 6.45) is 12.4. The van der Waals surface area contributed by atoms with Gasteiger partial charge in [0, 0.05) is 43.8 Å². The molecule has 0 radical (unpaired) electrons. The molecule has 0 aliphatic carbocycles. The second kappa shape index (κ2) is 17.0. The van der Waals surface area contributed by atoms with Crippen molar-refractivity contribution in [2.24, 2.45) is 16.6 Å². The Labute approximate surface area is 231 Å². The highest BCUT2D eigenvalue weighted by molar-refractivity contribution is 6.10. The van der Waals surface area contributed by atoms with E-state index in [0.29, 0.717) is 17.9 Å². The van der Waals surface area contributed by atoms with Crippen LogP contribution >= 0.6 is 0 Å². The van der Waals surface area contributed by atoms with Crippen molar-refractivity contribution >= 4 is 35.3 Å². The van der Waals surface area contributed by atoms with E-state index in [9.17, 15) is 9.59 Å². The fraction of sp³-hybridized carbons (Fsp3) is 0.310. The van der Waals surface area contributed by atoms with E-state index in [4.69, 9.17) is 18.0 Å². The molecule has 2 rings (SSSR count). The number of carbonyl (C=O) groups excluding carboxylic acids is 2.